The van der Waals surface area contributed by atoms with Crippen LogP contribution in [0.25, 0.3) is 11.3 Å². The van der Waals surface area contributed by atoms with E-state index in [9.17, 15) is 64.5 Å². The third-order valence-corrected chi connectivity index (χ3v) is 12.6. The van der Waals surface area contributed by atoms with Crippen LogP contribution < -0.4 is 36.6 Å². The van der Waals surface area contributed by atoms with Crippen LogP contribution in [0.15, 0.2) is 67.0 Å². The lowest BCUT2D eigenvalue weighted by molar-refractivity contribution is -0.221. The molecule has 1 saturated heterocycles. The van der Waals surface area contributed by atoms with E-state index in [1.807, 2.05) is 22.6 Å². The lowest BCUT2D eigenvalue weighted by Gasteiger charge is -2.38. The molecule has 3 unspecified atom stereocenters. The van der Waals surface area contributed by atoms with E-state index >= 15 is 8.78 Å². The van der Waals surface area contributed by atoms with Gasteiger partial charge in [-0.25, -0.2) is 28.0 Å². The smallest absolute Gasteiger partial charge is 0.407 e. The summed E-state index contributed by atoms with van der Waals surface area (Å²) in [4.78, 5) is 59.3. The number of hydrazine groups is 1. The zero-order valence-corrected chi connectivity index (χ0v) is 42.3. The Hall–Kier alpha value is -7.38. The number of aromatic nitrogens is 3. The highest BCUT2D eigenvalue weighted by molar-refractivity contribution is 5.88. The number of halogens is 10. The quantitative estimate of drug-likeness (QED) is 0.0360. The van der Waals surface area contributed by atoms with Crippen molar-refractivity contribution in [2.24, 2.45) is 10.8 Å². The highest BCUT2D eigenvalue weighted by Crippen LogP contribution is 2.42. The van der Waals surface area contributed by atoms with Crippen LogP contribution >= 0.6 is 0 Å². The first-order valence-corrected chi connectivity index (χ1v) is 23.3. The maximum atomic E-state index is 16.4. The van der Waals surface area contributed by atoms with Crippen LogP contribution in [0.2, 0.25) is 0 Å². The van der Waals surface area contributed by atoms with Gasteiger partial charge in [0.05, 0.1) is 56.0 Å². The zero-order chi connectivity index (χ0) is 57.4. The van der Waals surface area contributed by atoms with Crippen LogP contribution in [-0.4, -0.2) is 138 Å². The lowest BCUT2D eigenvalue weighted by atomic mass is 9.82. The molecular weight excluding hydrogens is 1050 g/mol. The molecule has 0 radical (unpaired) electrons. The van der Waals surface area contributed by atoms with Crippen LogP contribution in [0.1, 0.15) is 57.9 Å². The third kappa shape index (κ3) is 15.0. The highest BCUT2D eigenvalue weighted by atomic mass is 19.4. The number of carbonyl (C=O) groups excluding carboxylic acids is 4. The van der Waals surface area contributed by atoms with Crippen molar-refractivity contribution in [2.75, 3.05) is 50.4 Å². The van der Waals surface area contributed by atoms with E-state index in [1.165, 1.54) is 24.3 Å². The van der Waals surface area contributed by atoms with E-state index in [-0.39, 0.29) is 33.9 Å². The first-order valence-electron chi connectivity index (χ1n) is 23.3. The van der Waals surface area contributed by atoms with E-state index in [1.54, 1.807) is 23.6 Å². The van der Waals surface area contributed by atoms with E-state index in [0.29, 0.717) is 69.9 Å². The molecule has 0 saturated carbocycles. The number of benzene rings is 2. The second-order valence-corrected chi connectivity index (χ2v) is 19.0. The zero-order valence-electron chi connectivity index (χ0n) is 42.3. The molecule has 18 nitrogen and oxygen atoms in total. The number of alkyl carbamates (subject to hydrolysis) is 2. The van der Waals surface area contributed by atoms with Crippen LogP contribution in [-0.2, 0) is 25.5 Å². The van der Waals surface area contributed by atoms with Gasteiger partial charge in [-0.2, -0.15) is 40.2 Å². The van der Waals surface area contributed by atoms with Gasteiger partial charge in [0.2, 0.25) is 5.91 Å². The van der Waals surface area contributed by atoms with E-state index in [0.717, 1.165) is 26.5 Å². The van der Waals surface area contributed by atoms with Gasteiger partial charge in [-0.1, -0.05) is 24.0 Å². The minimum Gasteiger partial charge on any atom is -0.453 e. The summed E-state index contributed by atoms with van der Waals surface area (Å²) in [5.74, 6) is -0.183. The van der Waals surface area contributed by atoms with Crippen LogP contribution in [0.5, 0.6) is 0 Å². The number of nitrogens with zero attached hydrogens (tertiary/aromatic N) is 5. The number of amides is 4. The fraction of sp³-hybridized carbons (Fsp3) is 0.469. The Morgan fingerprint density at radius 1 is 0.818 bits per heavy atom. The molecule has 4 amide bonds. The minimum atomic E-state index is -5.28. The summed E-state index contributed by atoms with van der Waals surface area (Å²) in [6, 6.07) is 4.25. The molecule has 1 aliphatic rings. The number of methoxy groups -OCH3 is 2. The summed E-state index contributed by atoms with van der Waals surface area (Å²) in [6.45, 7) is 0.672. The van der Waals surface area contributed by atoms with Gasteiger partial charge in [-0.3, -0.25) is 20.0 Å². The molecule has 2 aromatic carbocycles. The lowest BCUT2D eigenvalue weighted by Crippen LogP contribution is -2.64. The molecule has 420 valence electrons. The molecule has 4 aromatic rings. The Balaban J connectivity index is 1.56. The maximum absolute atomic E-state index is 16.4. The molecule has 77 heavy (non-hydrogen) atoms. The summed E-state index contributed by atoms with van der Waals surface area (Å²) < 4.78 is 156. The SMILES string of the molecule is COC(=O)NC(C(=O)N[C@@H](Cc1ccc(C#Cc2ccc(N3CC(C)NC(CO)C3)nc2)cc1)[C@@H](O)CN(NC(=O)[C@@H](NC(=O)OC)C(C)(C)C(F)(F)F)c1c(F)cc(-c2ccn(C(F)F)n2)cc1F)C(C)(C)C(F)(F)F. The van der Waals surface area contributed by atoms with Gasteiger partial charge in [-0.15, -0.1) is 0 Å². The molecule has 1 fully saturated rings. The van der Waals surface area contributed by atoms with Crippen molar-refractivity contribution in [2.45, 2.75) is 96.3 Å². The first-order chi connectivity index (χ1) is 35.9. The number of ether oxygens (including phenoxy) is 2. The average molecular weight is 1100 g/mol. The highest BCUT2D eigenvalue weighted by Gasteiger charge is 2.57. The van der Waals surface area contributed by atoms with Crippen molar-refractivity contribution in [1.29, 1.82) is 0 Å². The number of aliphatic hydroxyl groups excluding tert-OH is 2. The van der Waals surface area contributed by atoms with Crippen LogP contribution in [0.3, 0.4) is 0 Å². The number of alkyl halides is 8. The topological polar surface area (TPSA) is 225 Å². The number of carbonyl (C=O) groups is 4. The van der Waals surface area contributed by atoms with E-state index in [4.69, 9.17) is 0 Å². The fourth-order valence-corrected chi connectivity index (χ4v) is 7.90. The third-order valence-electron chi connectivity index (χ3n) is 12.6. The molecular formula is C49H56F10N10O8. The predicted octanol–water partition coefficient (Wildman–Crippen LogP) is 5.73. The number of anilines is 2. The summed E-state index contributed by atoms with van der Waals surface area (Å²) in [5, 5.41) is 34.4. The maximum Gasteiger partial charge on any atom is 0.407 e. The average Bonchev–Trinajstić information content (AvgIpc) is 3.87. The minimum absolute atomic E-state index is 0.0640. The van der Waals surface area contributed by atoms with Crippen molar-refractivity contribution >= 4 is 35.5 Å². The van der Waals surface area contributed by atoms with Gasteiger partial charge >= 0.3 is 31.1 Å². The molecule has 5 rings (SSSR count). The molecule has 0 spiro atoms. The van der Waals surface area contributed by atoms with Gasteiger partial charge < -0.3 is 45.9 Å². The number of piperazine rings is 1. The monoisotopic (exact) mass is 1100 g/mol. The van der Waals surface area contributed by atoms with E-state index in [2.05, 4.69) is 42.0 Å². The summed E-state index contributed by atoms with van der Waals surface area (Å²) in [5.41, 5.74) is -5.48. The normalized spacial score (nSPS) is 16.8. The standard InChI is InChI=1S/C49H56F10N10O8/c1-26-22-67(23-31(25-70)61-26)37-15-14-29(21-60-37)13-10-27-8-11-28(12-9-27)18-35(62-41(72)39(63-44(74)76-6)46(2,3)48(54,55)56)36(71)24-69(66-42(73)40(64-45(75)77-7)47(4,5)49(57,58)59)38-32(50)19-30(20-33(38)51)34-16-17-68(65-34)43(52)53/h8-9,11-12,14-17,19-21,26,31,35-36,39-40,43,61,70-71H,18,22-25H2,1-7H3,(H,62,72)(H,63,74)(H,64,75)(H,66,73)/t26?,31?,35-,36-,39?,40+/m0/s1. The number of aliphatic hydroxyl groups is 2. The fourth-order valence-electron chi connectivity index (χ4n) is 7.90. The van der Waals surface area contributed by atoms with Gasteiger partial charge in [0, 0.05) is 54.3 Å². The number of pyridine rings is 1. The first kappa shape index (κ1) is 60.5. The number of nitrogens with one attached hydrogen (secondary N) is 5. The van der Waals surface area contributed by atoms with Crippen molar-refractivity contribution in [1.82, 2.24) is 41.5 Å². The van der Waals surface area contributed by atoms with Gasteiger partial charge in [0.25, 0.3) is 5.91 Å². The summed E-state index contributed by atoms with van der Waals surface area (Å²) in [7, 11) is 1.55. The molecule has 1 aliphatic heterocycles. The van der Waals surface area contributed by atoms with Crippen molar-refractivity contribution in [3.05, 3.63) is 95.3 Å². The van der Waals surface area contributed by atoms with Crippen molar-refractivity contribution in [3.8, 4) is 23.1 Å². The molecule has 3 heterocycles. The number of hydrogen-bond acceptors (Lipinski definition) is 13. The van der Waals surface area contributed by atoms with Crippen LogP contribution in [0.4, 0.5) is 65.0 Å². The Morgan fingerprint density at radius 2 is 1.36 bits per heavy atom. The van der Waals surface area contributed by atoms with E-state index < -0.39 is 120 Å². The van der Waals surface area contributed by atoms with Gasteiger partial charge in [0.1, 0.15) is 23.6 Å². The van der Waals surface area contributed by atoms with Crippen LogP contribution in [0, 0.1) is 34.3 Å². The summed E-state index contributed by atoms with van der Waals surface area (Å²) >= 11 is 0. The van der Waals surface area contributed by atoms with Crippen molar-refractivity contribution in [3.63, 3.8) is 0 Å². The molecule has 0 aliphatic carbocycles. The predicted molar refractivity (Wildman–Crippen MR) is 257 cm³/mol. The van der Waals surface area contributed by atoms with Gasteiger partial charge in [-0.05, 0) is 89.1 Å². The Bertz CT molecular complexity index is 2750. The Morgan fingerprint density at radius 3 is 1.86 bits per heavy atom. The Labute approximate surface area is 434 Å². The molecule has 0 bridgehead atoms. The van der Waals surface area contributed by atoms with Crippen molar-refractivity contribution < 1.29 is 82.8 Å². The summed E-state index contributed by atoms with van der Waals surface area (Å²) in [6.07, 6.45) is -14.1. The second kappa shape index (κ2) is 24.7. The molecule has 7 N–H and O–H groups in total. The largest absolute Gasteiger partial charge is 0.453 e. The molecule has 6 atom stereocenters. The number of rotatable bonds is 18. The molecule has 28 heteroatoms. The van der Waals surface area contributed by atoms with Gasteiger partial charge in [0.15, 0.2) is 11.6 Å². The molecule has 2 aromatic heterocycles. The second-order valence-electron chi connectivity index (χ2n) is 19.0. The Kier molecular flexibility index (Phi) is 19.4. The number of hydrogen-bond donors (Lipinski definition) is 7.